The lowest BCUT2D eigenvalue weighted by Gasteiger charge is -2.24. The highest BCUT2D eigenvalue weighted by Crippen LogP contribution is 2.34. The molecule has 1 aromatic carbocycles. The fourth-order valence-corrected chi connectivity index (χ4v) is 3.30. The van der Waals surface area contributed by atoms with Crippen molar-refractivity contribution in [2.24, 2.45) is 0 Å². The van der Waals surface area contributed by atoms with Gasteiger partial charge in [0, 0.05) is 24.0 Å². The monoisotopic (exact) mass is 326 g/mol. The molecule has 1 fully saturated rings. The fourth-order valence-electron chi connectivity index (χ4n) is 3.17. The van der Waals surface area contributed by atoms with Gasteiger partial charge in [0.2, 0.25) is 0 Å². The van der Waals surface area contributed by atoms with Gasteiger partial charge >= 0.3 is 0 Å². The lowest BCUT2D eigenvalue weighted by molar-refractivity contribution is 0.0737. The average molecular weight is 327 g/mol. The highest BCUT2D eigenvalue weighted by atomic mass is 35.5. The van der Waals surface area contributed by atoms with Crippen molar-refractivity contribution in [2.45, 2.75) is 18.9 Å². The molecule has 4 rings (SSSR count). The molecule has 0 aliphatic carbocycles. The van der Waals surface area contributed by atoms with E-state index in [4.69, 9.17) is 11.6 Å². The number of hydrogen-bond donors (Lipinski definition) is 0. The third-order valence-electron chi connectivity index (χ3n) is 4.28. The van der Waals surface area contributed by atoms with Crippen LogP contribution >= 0.6 is 11.6 Å². The second-order valence-corrected chi connectivity index (χ2v) is 6.09. The molecule has 1 atom stereocenters. The second kappa shape index (κ2) is 5.66. The van der Waals surface area contributed by atoms with E-state index in [9.17, 15) is 4.79 Å². The van der Waals surface area contributed by atoms with Gasteiger partial charge < -0.3 is 4.90 Å². The van der Waals surface area contributed by atoms with Gasteiger partial charge in [-0.25, -0.2) is 9.50 Å². The van der Waals surface area contributed by atoms with Crippen LogP contribution in [0.1, 0.15) is 34.8 Å². The number of carbonyl (C=O) groups excluding carboxylic acids is 1. The zero-order chi connectivity index (χ0) is 15.8. The van der Waals surface area contributed by atoms with Crippen molar-refractivity contribution in [2.75, 3.05) is 6.54 Å². The Labute approximate surface area is 138 Å². The minimum absolute atomic E-state index is 0.0175. The zero-order valence-corrected chi connectivity index (χ0v) is 13.1. The molecule has 1 amide bonds. The van der Waals surface area contributed by atoms with Gasteiger partial charge in [-0.05, 0) is 36.6 Å². The van der Waals surface area contributed by atoms with Gasteiger partial charge in [0.15, 0.2) is 5.65 Å². The number of benzene rings is 1. The number of fused-ring (bicyclic) bond motifs is 1. The summed E-state index contributed by atoms with van der Waals surface area (Å²) in [7, 11) is 0. The van der Waals surface area contributed by atoms with Gasteiger partial charge in [0.05, 0.1) is 12.2 Å². The Balaban J connectivity index is 1.68. The Bertz CT molecular complexity index is 858. The molecule has 2 aromatic heterocycles. The van der Waals surface area contributed by atoms with E-state index in [-0.39, 0.29) is 11.9 Å². The van der Waals surface area contributed by atoms with E-state index in [1.807, 2.05) is 29.2 Å². The van der Waals surface area contributed by atoms with Gasteiger partial charge in [-0.2, -0.15) is 5.10 Å². The van der Waals surface area contributed by atoms with Gasteiger partial charge in [0.25, 0.3) is 5.91 Å². The van der Waals surface area contributed by atoms with E-state index < -0.39 is 0 Å². The molecule has 0 radical (unpaired) electrons. The lowest BCUT2D eigenvalue weighted by atomic mass is 10.0. The van der Waals surface area contributed by atoms with Crippen LogP contribution < -0.4 is 0 Å². The molecule has 0 bridgehead atoms. The van der Waals surface area contributed by atoms with E-state index >= 15 is 0 Å². The van der Waals surface area contributed by atoms with Crippen LogP contribution in [0.4, 0.5) is 0 Å². The molecule has 0 saturated carbocycles. The maximum atomic E-state index is 13.0. The molecular weight excluding hydrogens is 312 g/mol. The predicted octanol–water partition coefficient (Wildman–Crippen LogP) is 3.36. The summed E-state index contributed by atoms with van der Waals surface area (Å²) >= 11 is 5.96. The van der Waals surface area contributed by atoms with Crippen molar-refractivity contribution < 1.29 is 4.79 Å². The number of carbonyl (C=O) groups is 1. The Kier molecular flexibility index (Phi) is 3.50. The summed E-state index contributed by atoms with van der Waals surface area (Å²) in [6.45, 7) is 0.746. The molecule has 3 heterocycles. The van der Waals surface area contributed by atoms with Crippen LogP contribution in [-0.4, -0.2) is 31.9 Å². The standard InChI is InChI=1S/C17H15ClN4O/c18-13-6-4-12(5-7-13)15-3-1-9-21(15)17(23)14-11-20-22-10-2-8-19-16(14)22/h2,4-8,10-11,15H,1,3,9H2/t15-/m1/s1. The van der Waals surface area contributed by atoms with Gasteiger partial charge in [-0.15, -0.1) is 0 Å². The largest absolute Gasteiger partial charge is 0.331 e. The molecule has 23 heavy (non-hydrogen) atoms. The SMILES string of the molecule is O=C(c1cnn2cccnc12)N1CCC[C@@H]1c1ccc(Cl)cc1. The van der Waals surface area contributed by atoms with Crippen LogP contribution in [0.3, 0.4) is 0 Å². The van der Waals surface area contributed by atoms with Crippen molar-refractivity contribution in [3.63, 3.8) is 0 Å². The predicted molar refractivity (Wildman–Crippen MR) is 87.5 cm³/mol. The molecule has 5 nitrogen and oxygen atoms in total. The Morgan fingerprint density at radius 2 is 2.09 bits per heavy atom. The summed E-state index contributed by atoms with van der Waals surface area (Å²) in [5.41, 5.74) is 2.26. The Morgan fingerprint density at radius 3 is 2.91 bits per heavy atom. The van der Waals surface area contributed by atoms with Crippen LogP contribution in [0.25, 0.3) is 5.65 Å². The van der Waals surface area contributed by atoms with E-state index in [0.29, 0.717) is 16.2 Å². The first kappa shape index (κ1) is 14.2. The molecule has 116 valence electrons. The molecule has 0 N–H and O–H groups in total. The van der Waals surface area contributed by atoms with Crippen LogP contribution in [0.2, 0.25) is 5.02 Å². The summed E-state index contributed by atoms with van der Waals surface area (Å²) in [5, 5.41) is 4.91. The van der Waals surface area contributed by atoms with Crippen molar-refractivity contribution in [3.05, 3.63) is 65.1 Å². The second-order valence-electron chi connectivity index (χ2n) is 5.65. The number of aromatic nitrogens is 3. The average Bonchev–Trinajstić information content (AvgIpc) is 3.22. The first-order valence-electron chi connectivity index (χ1n) is 7.59. The summed E-state index contributed by atoms with van der Waals surface area (Å²) < 4.78 is 1.63. The molecule has 1 saturated heterocycles. The third-order valence-corrected chi connectivity index (χ3v) is 4.53. The highest BCUT2D eigenvalue weighted by Gasteiger charge is 2.32. The molecular formula is C17H15ClN4O. The molecule has 1 aliphatic rings. The van der Waals surface area contributed by atoms with Crippen LogP contribution in [0, 0.1) is 0 Å². The number of rotatable bonds is 2. The van der Waals surface area contributed by atoms with Crippen molar-refractivity contribution in [1.29, 1.82) is 0 Å². The Morgan fingerprint density at radius 1 is 1.26 bits per heavy atom. The molecule has 6 heteroatoms. The van der Waals surface area contributed by atoms with Crippen molar-refractivity contribution in [1.82, 2.24) is 19.5 Å². The third kappa shape index (κ3) is 2.47. The van der Waals surface area contributed by atoms with Gasteiger partial charge in [0.1, 0.15) is 5.56 Å². The van der Waals surface area contributed by atoms with Crippen LogP contribution in [0.5, 0.6) is 0 Å². The van der Waals surface area contributed by atoms with E-state index in [1.54, 1.807) is 29.2 Å². The topological polar surface area (TPSA) is 50.5 Å². The first-order valence-corrected chi connectivity index (χ1v) is 7.96. The van der Waals surface area contributed by atoms with E-state index in [2.05, 4.69) is 10.1 Å². The van der Waals surface area contributed by atoms with Gasteiger partial charge in [-0.3, -0.25) is 4.79 Å². The number of amides is 1. The maximum Gasteiger partial charge on any atom is 0.259 e. The number of hydrogen-bond acceptors (Lipinski definition) is 3. The first-order chi connectivity index (χ1) is 11.2. The van der Waals surface area contributed by atoms with E-state index in [1.165, 1.54) is 0 Å². The van der Waals surface area contributed by atoms with Crippen molar-refractivity contribution >= 4 is 23.2 Å². The maximum absolute atomic E-state index is 13.0. The fraction of sp³-hybridized carbons (Fsp3) is 0.235. The van der Waals surface area contributed by atoms with E-state index in [0.717, 1.165) is 24.9 Å². The summed E-state index contributed by atoms with van der Waals surface area (Å²) in [4.78, 5) is 19.2. The molecule has 3 aromatic rings. The lowest BCUT2D eigenvalue weighted by Crippen LogP contribution is -2.30. The normalized spacial score (nSPS) is 17.8. The summed E-state index contributed by atoms with van der Waals surface area (Å²) in [5.74, 6) is -0.0175. The minimum Gasteiger partial charge on any atom is -0.331 e. The van der Waals surface area contributed by atoms with Crippen LogP contribution in [0.15, 0.2) is 48.9 Å². The molecule has 0 unspecified atom stereocenters. The zero-order valence-electron chi connectivity index (χ0n) is 12.4. The number of halogens is 1. The highest BCUT2D eigenvalue weighted by molar-refractivity contribution is 6.30. The molecule has 1 aliphatic heterocycles. The molecule has 0 spiro atoms. The summed E-state index contributed by atoms with van der Waals surface area (Å²) in [6, 6.07) is 9.60. The number of nitrogens with zero attached hydrogens (tertiary/aromatic N) is 4. The number of likely N-dealkylation sites (tertiary alicyclic amines) is 1. The van der Waals surface area contributed by atoms with Crippen molar-refractivity contribution in [3.8, 4) is 0 Å². The smallest absolute Gasteiger partial charge is 0.259 e. The van der Waals surface area contributed by atoms with Crippen LogP contribution in [-0.2, 0) is 0 Å². The van der Waals surface area contributed by atoms with Gasteiger partial charge in [-0.1, -0.05) is 23.7 Å². The quantitative estimate of drug-likeness (QED) is 0.725. The minimum atomic E-state index is -0.0175. The Hall–Kier alpha value is -2.40. The summed E-state index contributed by atoms with van der Waals surface area (Å²) in [6.07, 6.45) is 7.02.